The van der Waals surface area contributed by atoms with Crippen LogP contribution >= 0.6 is 11.6 Å². The smallest absolute Gasteiger partial charge is 0.273 e. The van der Waals surface area contributed by atoms with Crippen molar-refractivity contribution in [1.29, 1.82) is 0 Å². The third-order valence-corrected chi connectivity index (χ3v) is 7.18. The maximum absolute atomic E-state index is 13.5. The highest BCUT2D eigenvalue weighted by molar-refractivity contribution is 6.32. The largest absolute Gasteiger partial charge is 0.335 e. The van der Waals surface area contributed by atoms with Gasteiger partial charge in [0.05, 0.1) is 0 Å². The van der Waals surface area contributed by atoms with Gasteiger partial charge in [0, 0.05) is 44.3 Å². The molecule has 1 aliphatic carbocycles. The van der Waals surface area contributed by atoms with Crippen LogP contribution in [0.1, 0.15) is 43.1 Å². The molecule has 162 valence electrons. The molecule has 0 N–H and O–H groups in total. The third kappa shape index (κ3) is 3.74. The minimum atomic E-state index is -0.00286. The molecule has 2 aliphatic rings. The van der Waals surface area contributed by atoms with E-state index in [0.717, 1.165) is 48.3 Å². The Morgan fingerprint density at radius 2 is 1.74 bits per heavy atom. The lowest BCUT2D eigenvalue weighted by molar-refractivity contribution is 0.0564. The summed E-state index contributed by atoms with van der Waals surface area (Å²) in [5, 5.41) is 2.57. The summed E-state index contributed by atoms with van der Waals surface area (Å²) in [7, 11) is 0. The predicted octanol–water partition coefficient (Wildman–Crippen LogP) is 5.08. The molecule has 0 spiro atoms. The molecule has 1 amide bonds. The first-order valence-electron chi connectivity index (χ1n) is 11.4. The van der Waals surface area contributed by atoms with Gasteiger partial charge in [-0.3, -0.25) is 9.69 Å². The monoisotopic (exact) mass is 436 g/mol. The van der Waals surface area contributed by atoms with Crippen LogP contribution in [0.2, 0.25) is 5.15 Å². The maximum atomic E-state index is 13.5. The van der Waals surface area contributed by atoms with Gasteiger partial charge in [-0.05, 0) is 30.5 Å². The fraction of sp³-hybridized carbons (Fsp3) is 0.440. The summed E-state index contributed by atoms with van der Waals surface area (Å²) >= 11 is 6.59. The van der Waals surface area contributed by atoms with Crippen LogP contribution in [-0.2, 0) is 6.54 Å². The molecule has 1 aromatic heterocycles. The number of hydrogen-bond donors (Lipinski definition) is 0. The zero-order valence-corrected chi connectivity index (χ0v) is 18.8. The van der Waals surface area contributed by atoms with E-state index in [2.05, 4.69) is 34.1 Å². The number of carbonyl (C=O) groups is 1. The normalized spacial score (nSPS) is 18.2. The Hall–Kier alpha value is -2.37. The van der Waals surface area contributed by atoms with Crippen molar-refractivity contribution in [3.05, 3.63) is 53.3 Å². The molecule has 0 radical (unpaired) electrons. The van der Waals surface area contributed by atoms with Crippen LogP contribution in [0.15, 0.2) is 42.5 Å². The first-order valence-corrected chi connectivity index (χ1v) is 11.8. The number of carbonyl (C=O) groups excluding carboxylic acids is 1. The molecule has 2 fully saturated rings. The van der Waals surface area contributed by atoms with Crippen LogP contribution in [0.4, 0.5) is 0 Å². The van der Waals surface area contributed by atoms with Crippen LogP contribution in [-0.4, -0.2) is 57.5 Å². The van der Waals surface area contributed by atoms with E-state index < -0.39 is 0 Å². The average Bonchev–Trinajstić information content (AvgIpc) is 3.46. The molecule has 2 heterocycles. The Kier molecular flexibility index (Phi) is 5.72. The van der Waals surface area contributed by atoms with E-state index in [1.807, 2.05) is 34.6 Å². The number of amides is 1. The molecule has 1 aliphatic heterocycles. The second-order valence-corrected chi connectivity index (χ2v) is 8.97. The average molecular weight is 437 g/mol. The van der Waals surface area contributed by atoms with Gasteiger partial charge in [-0.15, -0.1) is 0 Å². The molecule has 1 saturated heterocycles. The molecule has 0 atom stereocenters. The van der Waals surface area contributed by atoms with E-state index in [1.54, 1.807) is 0 Å². The molecule has 3 aromatic rings. The summed E-state index contributed by atoms with van der Waals surface area (Å²) in [6, 6.07) is 15.1. The van der Waals surface area contributed by atoms with Gasteiger partial charge in [0.15, 0.2) is 5.15 Å². The summed E-state index contributed by atoms with van der Waals surface area (Å²) in [5.74, 6) is 0.758. The number of piperazine rings is 1. The summed E-state index contributed by atoms with van der Waals surface area (Å²) < 4.78 is 1.98. The number of nitrogens with zero attached hydrogens (tertiary/aromatic N) is 4. The number of halogens is 1. The van der Waals surface area contributed by atoms with Crippen molar-refractivity contribution in [2.45, 2.75) is 45.2 Å². The molecular weight excluding hydrogens is 408 g/mol. The zero-order valence-electron chi connectivity index (χ0n) is 18.1. The fourth-order valence-corrected chi connectivity index (χ4v) is 5.53. The van der Waals surface area contributed by atoms with Gasteiger partial charge in [-0.2, -0.15) is 0 Å². The third-order valence-electron chi connectivity index (χ3n) is 6.92. The molecule has 5 nitrogen and oxygen atoms in total. The highest BCUT2D eigenvalue weighted by Gasteiger charge is 2.31. The summed E-state index contributed by atoms with van der Waals surface area (Å²) in [6.45, 7) is 6.09. The number of rotatable bonds is 4. The summed E-state index contributed by atoms with van der Waals surface area (Å²) in [5.41, 5.74) is 1.52. The van der Waals surface area contributed by atoms with Crippen molar-refractivity contribution in [2.24, 2.45) is 0 Å². The van der Waals surface area contributed by atoms with Crippen LogP contribution in [0.3, 0.4) is 0 Å². The van der Waals surface area contributed by atoms with E-state index >= 15 is 0 Å². The van der Waals surface area contributed by atoms with E-state index in [0.29, 0.717) is 23.4 Å². The van der Waals surface area contributed by atoms with Crippen LogP contribution in [0.5, 0.6) is 0 Å². The van der Waals surface area contributed by atoms with Crippen LogP contribution in [0.25, 0.3) is 22.2 Å². The van der Waals surface area contributed by atoms with Gasteiger partial charge >= 0.3 is 0 Å². The molecule has 31 heavy (non-hydrogen) atoms. The molecule has 5 rings (SSSR count). The van der Waals surface area contributed by atoms with Crippen LogP contribution in [0, 0.1) is 0 Å². The predicted molar refractivity (Wildman–Crippen MR) is 126 cm³/mol. The molecule has 0 bridgehead atoms. The highest BCUT2D eigenvalue weighted by Crippen LogP contribution is 2.32. The van der Waals surface area contributed by atoms with Crippen LogP contribution < -0.4 is 0 Å². The minimum Gasteiger partial charge on any atom is -0.335 e. The van der Waals surface area contributed by atoms with Crippen molar-refractivity contribution >= 4 is 28.3 Å². The van der Waals surface area contributed by atoms with E-state index in [4.69, 9.17) is 11.6 Å². The number of imidazole rings is 1. The van der Waals surface area contributed by atoms with E-state index in [-0.39, 0.29) is 5.91 Å². The Morgan fingerprint density at radius 3 is 2.48 bits per heavy atom. The second kappa shape index (κ2) is 8.64. The number of aromatic nitrogens is 2. The van der Waals surface area contributed by atoms with Crippen molar-refractivity contribution in [1.82, 2.24) is 19.4 Å². The SMILES string of the molecule is CCn1c(-c2cccc3ccccc23)nc(Cl)c1C(=O)N1CCN(C2CCCC2)CC1. The van der Waals surface area contributed by atoms with Gasteiger partial charge in [0.25, 0.3) is 5.91 Å². The van der Waals surface area contributed by atoms with Crippen molar-refractivity contribution < 1.29 is 4.79 Å². The van der Waals surface area contributed by atoms with Crippen molar-refractivity contribution in [3.63, 3.8) is 0 Å². The van der Waals surface area contributed by atoms with Gasteiger partial charge < -0.3 is 9.47 Å². The summed E-state index contributed by atoms with van der Waals surface area (Å²) in [4.78, 5) is 22.7. The number of benzene rings is 2. The lowest BCUT2D eigenvalue weighted by atomic mass is 10.0. The van der Waals surface area contributed by atoms with Crippen molar-refractivity contribution in [2.75, 3.05) is 26.2 Å². The first kappa shape index (κ1) is 20.5. The standard InChI is InChI=1S/C25H29ClN4O/c1-2-30-22(25(31)29-16-14-28(15-17-29)19-10-4-5-11-19)23(26)27-24(30)21-13-7-9-18-8-3-6-12-20(18)21/h3,6-9,12-13,19H,2,4-5,10-11,14-17H2,1H3. The fourth-order valence-electron chi connectivity index (χ4n) is 5.27. The Morgan fingerprint density at radius 1 is 1.03 bits per heavy atom. The minimum absolute atomic E-state index is 0.00286. The molecule has 6 heteroatoms. The summed E-state index contributed by atoms with van der Waals surface area (Å²) in [6.07, 6.45) is 5.28. The Bertz CT molecular complexity index is 1090. The van der Waals surface area contributed by atoms with Gasteiger partial charge in [0.1, 0.15) is 11.5 Å². The number of hydrogen-bond acceptors (Lipinski definition) is 3. The topological polar surface area (TPSA) is 41.4 Å². The molecule has 0 unspecified atom stereocenters. The van der Waals surface area contributed by atoms with Gasteiger partial charge in [-0.1, -0.05) is 66.9 Å². The van der Waals surface area contributed by atoms with Crippen molar-refractivity contribution in [3.8, 4) is 11.4 Å². The molecule has 2 aromatic carbocycles. The lowest BCUT2D eigenvalue weighted by Crippen LogP contribution is -2.51. The quantitative estimate of drug-likeness (QED) is 0.572. The van der Waals surface area contributed by atoms with Gasteiger partial charge in [0.2, 0.25) is 0 Å². The second-order valence-electron chi connectivity index (χ2n) is 8.61. The Balaban J connectivity index is 1.44. The maximum Gasteiger partial charge on any atom is 0.273 e. The zero-order chi connectivity index (χ0) is 21.4. The first-order chi connectivity index (χ1) is 15.2. The molecule has 1 saturated carbocycles. The highest BCUT2D eigenvalue weighted by atomic mass is 35.5. The molecular formula is C25H29ClN4O. The lowest BCUT2D eigenvalue weighted by Gasteiger charge is -2.38. The van der Waals surface area contributed by atoms with E-state index in [1.165, 1.54) is 25.7 Å². The van der Waals surface area contributed by atoms with E-state index in [9.17, 15) is 4.79 Å². The Labute approximate surface area is 188 Å². The van der Waals surface area contributed by atoms with Gasteiger partial charge in [-0.25, -0.2) is 4.98 Å². The number of fused-ring (bicyclic) bond motifs is 1.